The van der Waals surface area contributed by atoms with E-state index in [1.54, 1.807) is 0 Å². The van der Waals surface area contributed by atoms with Crippen molar-refractivity contribution < 1.29 is 4.42 Å². The number of fused-ring (bicyclic) bond motifs is 11. The summed E-state index contributed by atoms with van der Waals surface area (Å²) >= 11 is 1.89. The summed E-state index contributed by atoms with van der Waals surface area (Å²) in [5, 5.41) is 11.4. The van der Waals surface area contributed by atoms with Gasteiger partial charge in [0, 0.05) is 70.5 Å². The van der Waals surface area contributed by atoms with Gasteiger partial charge >= 0.3 is 0 Å². The Morgan fingerprint density at radius 1 is 0.359 bits per heavy atom. The first-order chi connectivity index (χ1) is 31.4. The van der Waals surface area contributed by atoms with Crippen molar-refractivity contribution in [2.45, 2.75) is 19.6 Å². The second-order valence-electron chi connectivity index (χ2n) is 17.8. The lowest BCUT2D eigenvalue weighted by Crippen LogP contribution is -2.37. The smallest absolute Gasteiger partial charge is 0.135 e. The van der Waals surface area contributed by atoms with Gasteiger partial charge in [0.05, 0.1) is 8.07 Å². The van der Waals surface area contributed by atoms with Crippen LogP contribution < -0.4 is 15.0 Å². The number of nitrogens with zero attached hydrogens (tertiary/aromatic N) is 2. The van der Waals surface area contributed by atoms with Gasteiger partial charge in [-0.1, -0.05) is 146 Å². The quantitative estimate of drug-likeness (QED) is 0.112. The van der Waals surface area contributed by atoms with Gasteiger partial charge in [0.1, 0.15) is 11.2 Å². The zero-order valence-electron chi connectivity index (χ0n) is 35.9. The number of thiophene rings is 1. The Kier molecular flexibility index (Phi) is 9.04. The largest absolute Gasteiger partial charge is 0.456 e. The van der Waals surface area contributed by atoms with Crippen LogP contribution in [0.4, 0.5) is 34.1 Å². The van der Waals surface area contributed by atoms with E-state index in [9.17, 15) is 0 Å². The van der Waals surface area contributed by atoms with Gasteiger partial charge in [0.15, 0.2) is 0 Å². The second-order valence-corrected chi connectivity index (χ2v) is 23.9. The van der Waals surface area contributed by atoms with Crippen LogP contribution in [0.25, 0.3) is 74.8 Å². The van der Waals surface area contributed by atoms with Crippen LogP contribution in [0.2, 0.25) is 19.6 Å². The van der Waals surface area contributed by atoms with Gasteiger partial charge < -0.3 is 14.2 Å². The summed E-state index contributed by atoms with van der Waals surface area (Å²) in [5.74, 6) is 0. The molecule has 0 spiro atoms. The number of rotatable bonds is 8. The van der Waals surface area contributed by atoms with Crippen LogP contribution in [0.15, 0.2) is 217 Å². The molecule has 5 heteroatoms. The van der Waals surface area contributed by atoms with Gasteiger partial charge in [-0.25, -0.2) is 0 Å². The van der Waals surface area contributed by atoms with Crippen LogP contribution in [-0.2, 0) is 0 Å². The highest BCUT2D eigenvalue weighted by Gasteiger charge is 2.21. The average molecular weight is 857 g/mol. The van der Waals surface area contributed by atoms with E-state index >= 15 is 0 Å². The lowest BCUT2D eigenvalue weighted by molar-refractivity contribution is 0.669. The summed E-state index contributed by atoms with van der Waals surface area (Å²) in [6, 6.07) is 77.4. The average Bonchev–Trinajstić information content (AvgIpc) is 3.91. The minimum atomic E-state index is -1.42. The van der Waals surface area contributed by atoms with Crippen molar-refractivity contribution in [1.29, 1.82) is 0 Å². The third kappa shape index (κ3) is 6.47. The highest BCUT2D eigenvalue weighted by atomic mass is 32.1. The maximum Gasteiger partial charge on any atom is 0.135 e. The number of furan rings is 1. The Balaban J connectivity index is 0.957. The van der Waals surface area contributed by atoms with Crippen molar-refractivity contribution in [3.8, 4) is 11.1 Å². The first-order valence-electron chi connectivity index (χ1n) is 22.0. The molecule has 0 fully saturated rings. The van der Waals surface area contributed by atoms with Crippen LogP contribution >= 0.6 is 11.3 Å². The van der Waals surface area contributed by atoms with Gasteiger partial charge in [0.25, 0.3) is 0 Å². The van der Waals surface area contributed by atoms with Gasteiger partial charge in [0.2, 0.25) is 0 Å². The zero-order valence-corrected chi connectivity index (χ0v) is 37.7. The first-order valence-corrected chi connectivity index (χ1v) is 26.3. The molecule has 0 aliphatic rings. The molecular weight excluding hydrogens is 813 g/mol. The van der Waals surface area contributed by atoms with Crippen LogP contribution in [0.1, 0.15) is 0 Å². The Morgan fingerprint density at radius 3 is 1.58 bits per heavy atom. The molecule has 306 valence electrons. The van der Waals surface area contributed by atoms with Crippen LogP contribution in [-0.4, -0.2) is 8.07 Å². The molecule has 10 aromatic carbocycles. The van der Waals surface area contributed by atoms with E-state index in [4.69, 9.17) is 4.42 Å². The first kappa shape index (κ1) is 38.2. The minimum absolute atomic E-state index is 0.894. The summed E-state index contributed by atoms with van der Waals surface area (Å²) in [5.41, 5.74) is 11.0. The van der Waals surface area contributed by atoms with E-state index < -0.39 is 8.07 Å². The molecule has 2 aromatic heterocycles. The van der Waals surface area contributed by atoms with Gasteiger partial charge in [-0.3, -0.25) is 0 Å². The molecule has 0 saturated heterocycles. The van der Waals surface area contributed by atoms with E-state index in [0.29, 0.717) is 0 Å². The van der Waals surface area contributed by atoms with Crippen LogP contribution in [0.3, 0.4) is 0 Å². The third-order valence-electron chi connectivity index (χ3n) is 12.8. The molecule has 12 aromatic rings. The van der Waals surface area contributed by atoms with E-state index in [1.165, 1.54) is 58.0 Å². The molecule has 64 heavy (non-hydrogen) atoms. The van der Waals surface area contributed by atoms with Gasteiger partial charge in [-0.05, 0) is 118 Å². The lowest BCUT2D eigenvalue weighted by atomic mass is 9.94. The highest BCUT2D eigenvalue weighted by molar-refractivity contribution is 7.27. The van der Waals surface area contributed by atoms with Crippen molar-refractivity contribution in [1.82, 2.24) is 0 Å². The fourth-order valence-electron chi connectivity index (χ4n) is 9.58. The predicted molar refractivity (Wildman–Crippen MR) is 279 cm³/mol. The topological polar surface area (TPSA) is 19.6 Å². The molecule has 0 amide bonds. The SMILES string of the molecule is C[Si](C)(C)c1ccc(N(c2ccccc2)c2ccc(-c3ccc4c(c3)c3ccccc3c3c5ccc(N(c6ccccc6)c6ccc7oc8ccccc8c7c6)cc5sc43)cc2)cc1. The van der Waals surface area contributed by atoms with Crippen molar-refractivity contribution in [2.24, 2.45) is 0 Å². The fourth-order valence-corrected chi connectivity index (χ4v) is 12.0. The number of hydrogen-bond donors (Lipinski definition) is 0. The van der Waals surface area contributed by atoms with E-state index in [-0.39, 0.29) is 0 Å². The molecular formula is C59H44N2OSSi. The van der Waals surface area contributed by atoms with E-state index in [0.717, 1.165) is 56.1 Å². The summed E-state index contributed by atoms with van der Waals surface area (Å²) in [7, 11) is -1.42. The molecule has 0 radical (unpaired) electrons. The summed E-state index contributed by atoms with van der Waals surface area (Å²) < 4.78 is 8.81. The lowest BCUT2D eigenvalue weighted by Gasteiger charge is -2.26. The Morgan fingerprint density at radius 2 is 0.875 bits per heavy atom. The Hall–Kier alpha value is -7.44. The van der Waals surface area contributed by atoms with Crippen molar-refractivity contribution >= 4 is 122 Å². The monoisotopic (exact) mass is 856 g/mol. The molecule has 0 aliphatic carbocycles. The van der Waals surface area contributed by atoms with Gasteiger partial charge in [-0.15, -0.1) is 11.3 Å². The maximum absolute atomic E-state index is 6.23. The Labute approximate surface area is 377 Å². The fraction of sp³-hybridized carbons (Fsp3) is 0.0508. The summed E-state index contributed by atoms with van der Waals surface area (Å²) in [4.78, 5) is 4.72. The summed E-state index contributed by atoms with van der Waals surface area (Å²) in [6.07, 6.45) is 0. The maximum atomic E-state index is 6.23. The van der Waals surface area contributed by atoms with E-state index in [2.05, 4.69) is 230 Å². The van der Waals surface area contributed by atoms with Gasteiger partial charge in [-0.2, -0.15) is 0 Å². The third-order valence-corrected chi connectivity index (χ3v) is 16.0. The van der Waals surface area contributed by atoms with Crippen molar-refractivity contribution in [3.05, 3.63) is 212 Å². The van der Waals surface area contributed by atoms with E-state index in [1.807, 2.05) is 23.5 Å². The molecule has 0 unspecified atom stereocenters. The minimum Gasteiger partial charge on any atom is -0.456 e. The summed E-state index contributed by atoms with van der Waals surface area (Å²) in [6.45, 7) is 7.20. The van der Waals surface area contributed by atoms with Crippen LogP contribution in [0, 0.1) is 0 Å². The molecule has 0 saturated carbocycles. The molecule has 0 atom stereocenters. The number of hydrogen-bond acceptors (Lipinski definition) is 4. The molecule has 0 aliphatic heterocycles. The van der Waals surface area contributed by atoms with Crippen LogP contribution in [0.5, 0.6) is 0 Å². The standard InChI is InChI=1S/C59H44N2OSSi/c1-64(2,3)47-31-27-44(28-32-47)60(41-14-6-4-7-15-41)43-25-22-39(23-26-43)40-24-33-51-53(36-40)48-18-10-11-20-50(48)58-52-34-29-46(38-57(52)63-59(51)58)61(42-16-8-5-9-17-42)45-30-35-56-54(37-45)49-19-12-13-21-55(49)62-56/h4-38H,1-3H3. The molecule has 0 bridgehead atoms. The second kappa shape index (κ2) is 15.1. The van der Waals surface area contributed by atoms with Crippen molar-refractivity contribution in [3.63, 3.8) is 0 Å². The van der Waals surface area contributed by atoms with Crippen molar-refractivity contribution in [2.75, 3.05) is 9.80 Å². The molecule has 12 rings (SSSR count). The predicted octanol–water partition coefficient (Wildman–Crippen LogP) is 17.4. The highest BCUT2D eigenvalue weighted by Crippen LogP contribution is 2.47. The molecule has 0 N–H and O–H groups in total. The normalized spacial score (nSPS) is 12.0. The number of anilines is 6. The number of benzene rings is 10. The zero-order chi connectivity index (χ0) is 42.9. The Bertz CT molecular complexity index is 3700. The molecule has 3 nitrogen and oxygen atoms in total. The number of para-hydroxylation sites is 3. The molecule has 2 heterocycles.